The SMILES string of the molecule is CCc1ccccc1S(=O)(=O)NC(=S)Nc1cccnc1. The van der Waals surface area contributed by atoms with Gasteiger partial charge in [0.05, 0.1) is 16.8 Å². The van der Waals surface area contributed by atoms with Crippen LogP contribution in [-0.2, 0) is 16.4 Å². The molecule has 0 radical (unpaired) electrons. The van der Waals surface area contributed by atoms with E-state index in [0.717, 1.165) is 5.56 Å². The molecule has 7 heteroatoms. The zero-order valence-corrected chi connectivity index (χ0v) is 13.0. The predicted molar refractivity (Wildman–Crippen MR) is 86.6 cm³/mol. The maximum absolute atomic E-state index is 12.4. The van der Waals surface area contributed by atoms with Gasteiger partial charge in [-0.15, -0.1) is 0 Å². The number of thiocarbonyl (C=S) groups is 1. The van der Waals surface area contributed by atoms with Crippen molar-refractivity contribution in [2.45, 2.75) is 18.2 Å². The maximum atomic E-state index is 12.4. The Hall–Kier alpha value is -1.99. The van der Waals surface area contributed by atoms with Crippen LogP contribution in [0.3, 0.4) is 0 Å². The van der Waals surface area contributed by atoms with Crippen molar-refractivity contribution in [2.75, 3.05) is 5.32 Å². The monoisotopic (exact) mass is 321 g/mol. The number of pyridine rings is 1. The number of anilines is 1. The molecule has 5 nitrogen and oxygen atoms in total. The van der Waals surface area contributed by atoms with Gasteiger partial charge in [0, 0.05) is 6.20 Å². The van der Waals surface area contributed by atoms with E-state index in [1.807, 2.05) is 13.0 Å². The molecule has 0 bridgehead atoms. The molecule has 0 aliphatic heterocycles. The Morgan fingerprint density at radius 3 is 2.67 bits per heavy atom. The van der Waals surface area contributed by atoms with Crippen LogP contribution in [0.4, 0.5) is 5.69 Å². The Morgan fingerprint density at radius 2 is 2.00 bits per heavy atom. The molecule has 21 heavy (non-hydrogen) atoms. The van der Waals surface area contributed by atoms with E-state index in [1.54, 1.807) is 42.7 Å². The lowest BCUT2D eigenvalue weighted by Gasteiger charge is -2.13. The van der Waals surface area contributed by atoms with Crippen molar-refractivity contribution in [3.63, 3.8) is 0 Å². The van der Waals surface area contributed by atoms with Crippen LogP contribution in [0.5, 0.6) is 0 Å². The van der Waals surface area contributed by atoms with Crippen molar-refractivity contribution in [1.82, 2.24) is 9.71 Å². The van der Waals surface area contributed by atoms with Crippen LogP contribution in [-0.4, -0.2) is 18.5 Å². The highest BCUT2D eigenvalue weighted by molar-refractivity contribution is 7.92. The number of hydrogen-bond acceptors (Lipinski definition) is 4. The van der Waals surface area contributed by atoms with Crippen molar-refractivity contribution < 1.29 is 8.42 Å². The zero-order valence-electron chi connectivity index (χ0n) is 11.4. The summed E-state index contributed by atoms with van der Waals surface area (Å²) in [5.41, 5.74) is 1.36. The van der Waals surface area contributed by atoms with E-state index in [4.69, 9.17) is 12.2 Å². The average molecular weight is 321 g/mol. The minimum absolute atomic E-state index is 0.00825. The highest BCUT2D eigenvalue weighted by Gasteiger charge is 2.18. The lowest BCUT2D eigenvalue weighted by atomic mass is 10.2. The number of rotatable bonds is 4. The van der Waals surface area contributed by atoms with Gasteiger partial charge in [0.2, 0.25) is 0 Å². The largest absolute Gasteiger partial charge is 0.331 e. The topological polar surface area (TPSA) is 71.1 Å². The summed E-state index contributed by atoms with van der Waals surface area (Å²) in [6.07, 6.45) is 3.80. The zero-order chi connectivity index (χ0) is 15.3. The van der Waals surface area contributed by atoms with Crippen molar-refractivity contribution in [3.8, 4) is 0 Å². The number of nitrogens with one attached hydrogen (secondary N) is 2. The summed E-state index contributed by atoms with van der Waals surface area (Å²) in [5.74, 6) is 0. The Labute approximate surface area is 129 Å². The smallest absolute Gasteiger partial charge is 0.263 e. The van der Waals surface area contributed by atoms with Crippen molar-refractivity contribution in [2.24, 2.45) is 0 Å². The van der Waals surface area contributed by atoms with Gasteiger partial charge in [0.15, 0.2) is 5.11 Å². The second-order valence-corrected chi connectivity index (χ2v) is 6.32. The Morgan fingerprint density at radius 1 is 1.24 bits per heavy atom. The lowest BCUT2D eigenvalue weighted by molar-refractivity contribution is 0.591. The summed E-state index contributed by atoms with van der Waals surface area (Å²) in [6.45, 7) is 1.90. The third kappa shape index (κ3) is 3.99. The van der Waals surface area contributed by atoms with Gasteiger partial charge < -0.3 is 5.32 Å². The van der Waals surface area contributed by atoms with E-state index < -0.39 is 10.0 Å². The first-order chi connectivity index (χ1) is 10.0. The summed E-state index contributed by atoms with van der Waals surface area (Å²) in [5, 5.41) is 2.79. The molecule has 2 N–H and O–H groups in total. The van der Waals surface area contributed by atoms with Gasteiger partial charge in [0.25, 0.3) is 10.0 Å². The summed E-state index contributed by atoms with van der Waals surface area (Å²) in [4.78, 5) is 4.16. The van der Waals surface area contributed by atoms with E-state index >= 15 is 0 Å². The maximum Gasteiger partial charge on any atom is 0.263 e. The number of aryl methyl sites for hydroxylation is 1. The third-order valence-corrected chi connectivity index (χ3v) is 4.57. The average Bonchev–Trinajstić information content (AvgIpc) is 2.47. The summed E-state index contributed by atoms with van der Waals surface area (Å²) in [7, 11) is -3.70. The molecule has 1 heterocycles. The number of sulfonamides is 1. The van der Waals surface area contributed by atoms with Crippen molar-refractivity contribution >= 4 is 33.0 Å². The second kappa shape index (κ2) is 6.64. The first-order valence-electron chi connectivity index (χ1n) is 6.34. The van der Waals surface area contributed by atoms with Crippen molar-refractivity contribution in [1.29, 1.82) is 0 Å². The van der Waals surface area contributed by atoms with E-state index in [0.29, 0.717) is 12.1 Å². The molecule has 2 aromatic rings. The first kappa shape index (κ1) is 15.4. The van der Waals surface area contributed by atoms with Crippen LogP contribution in [0.1, 0.15) is 12.5 Å². The molecule has 0 aliphatic carbocycles. The molecule has 0 saturated heterocycles. The minimum atomic E-state index is -3.70. The molecule has 1 aromatic carbocycles. The molecule has 0 saturated carbocycles. The summed E-state index contributed by atoms with van der Waals surface area (Å²) < 4.78 is 27.1. The van der Waals surface area contributed by atoms with E-state index in [1.165, 1.54) is 0 Å². The van der Waals surface area contributed by atoms with Crippen LogP contribution >= 0.6 is 12.2 Å². The van der Waals surface area contributed by atoms with Crippen LogP contribution in [0.2, 0.25) is 0 Å². The molecule has 0 aliphatic rings. The van der Waals surface area contributed by atoms with Gasteiger partial charge in [-0.2, -0.15) is 0 Å². The Balaban J connectivity index is 2.16. The van der Waals surface area contributed by atoms with Gasteiger partial charge in [-0.25, -0.2) is 8.42 Å². The fourth-order valence-electron chi connectivity index (χ4n) is 1.83. The van der Waals surface area contributed by atoms with Gasteiger partial charge >= 0.3 is 0 Å². The normalized spacial score (nSPS) is 10.9. The fraction of sp³-hybridized carbons (Fsp3) is 0.143. The van der Waals surface area contributed by atoms with Gasteiger partial charge in [-0.1, -0.05) is 25.1 Å². The molecule has 0 fully saturated rings. The standard InChI is InChI=1S/C14H15N3O2S2/c1-2-11-6-3-4-8-13(11)21(18,19)17-14(20)16-12-7-5-9-15-10-12/h3-10H,2H2,1H3,(H2,16,17,20). The number of nitrogens with zero attached hydrogens (tertiary/aromatic N) is 1. The van der Waals surface area contributed by atoms with Crippen LogP contribution in [0.15, 0.2) is 53.7 Å². The first-order valence-corrected chi connectivity index (χ1v) is 8.24. The van der Waals surface area contributed by atoms with E-state index in [9.17, 15) is 8.42 Å². The quantitative estimate of drug-likeness (QED) is 0.846. The van der Waals surface area contributed by atoms with Crippen LogP contribution in [0.25, 0.3) is 0 Å². The number of aromatic nitrogens is 1. The Kier molecular flexibility index (Phi) is 4.87. The summed E-state index contributed by atoms with van der Waals surface area (Å²) >= 11 is 5.03. The number of hydrogen-bond donors (Lipinski definition) is 2. The molecule has 0 atom stereocenters. The molecule has 0 amide bonds. The molecule has 0 spiro atoms. The third-order valence-electron chi connectivity index (χ3n) is 2.79. The second-order valence-electron chi connectivity index (χ2n) is 4.26. The van der Waals surface area contributed by atoms with E-state index in [2.05, 4.69) is 15.0 Å². The molecular weight excluding hydrogens is 306 g/mol. The van der Waals surface area contributed by atoms with Crippen LogP contribution in [0, 0.1) is 0 Å². The van der Waals surface area contributed by atoms with Gasteiger partial charge in [-0.05, 0) is 42.4 Å². The molecular formula is C14H15N3O2S2. The van der Waals surface area contributed by atoms with Gasteiger partial charge in [0.1, 0.15) is 0 Å². The fourth-order valence-corrected chi connectivity index (χ4v) is 3.50. The highest BCUT2D eigenvalue weighted by atomic mass is 32.2. The molecule has 110 valence electrons. The highest BCUT2D eigenvalue weighted by Crippen LogP contribution is 2.16. The number of benzene rings is 1. The minimum Gasteiger partial charge on any atom is -0.331 e. The Bertz CT molecular complexity index is 731. The summed E-state index contributed by atoms with van der Waals surface area (Å²) in [6, 6.07) is 10.3. The predicted octanol–water partition coefficient (Wildman–Crippen LogP) is 2.32. The van der Waals surface area contributed by atoms with Gasteiger partial charge in [-0.3, -0.25) is 9.71 Å². The van der Waals surface area contributed by atoms with Crippen molar-refractivity contribution in [3.05, 3.63) is 54.4 Å². The molecule has 1 aromatic heterocycles. The van der Waals surface area contributed by atoms with Crippen LogP contribution < -0.4 is 10.0 Å². The lowest BCUT2D eigenvalue weighted by Crippen LogP contribution is -2.34. The molecule has 0 unspecified atom stereocenters. The molecule has 2 rings (SSSR count). The van der Waals surface area contributed by atoms with E-state index in [-0.39, 0.29) is 10.0 Å².